The van der Waals surface area contributed by atoms with Crippen LogP contribution in [0.3, 0.4) is 0 Å². The van der Waals surface area contributed by atoms with Crippen molar-refractivity contribution in [3.05, 3.63) is 87.3 Å². The number of nitrogens with two attached hydrogens (primary N) is 2. The zero-order valence-corrected chi connectivity index (χ0v) is 21.2. The van der Waals surface area contributed by atoms with Crippen LogP contribution in [-0.4, -0.2) is 19.7 Å². The molecule has 0 bridgehead atoms. The number of hydrogen-bond donors (Lipinski definition) is 2. The number of anilines is 2. The predicted octanol–water partition coefficient (Wildman–Crippen LogP) is 6.46. The van der Waals surface area contributed by atoms with Gasteiger partial charge in [0.25, 0.3) is 0 Å². The molecule has 0 saturated heterocycles. The maximum absolute atomic E-state index is 16.0. The second kappa shape index (κ2) is 9.41. The number of aromatic nitrogens is 4. The van der Waals surface area contributed by atoms with Crippen LogP contribution in [-0.2, 0) is 19.9 Å². The maximum Gasteiger partial charge on any atom is 0.183 e. The van der Waals surface area contributed by atoms with E-state index in [4.69, 9.17) is 34.7 Å². The minimum atomic E-state index is -0.389. The Hall–Kier alpha value is -3.68. The summed E-state index contributed by atoms with van der Waals surface area (Å²) in [6, 6.07) is 16.2. The highest BCUT2D eigenvalue weighted by atomic mass is 35.5. The van der Waals surface area contributed by atoms with E-state index in [-0.39, 0.29) is 12.2 Å². The van der Waals surface area contributed by atoms with Gasteiger partial charge in [0.2, 0.25) is 0 Å². The number of nitrogen functional groups attached to an aromatic ring is 2. The van der Waals surface area contributed by atoms with Crippen LogP contribution in [0.1, 0.15) is 23.7 Å². The Bertz CT molecular complexity index is 1630. The van der Waals surface area contributed by atoms with Crippen LogP contribution in [0.2, 0.25) is 10.0 Å². The van der Waals surface area contributed by atoms with Crippen molar-refractivity contribution < 1.29 is 4.39 Å². The third-order valence-electron chi connectivity index (χ3n) is 6.12. The standard InChI is InChI=1S/C27H23Cl2FN6/c1-3-14-9-16(13-18-12-15-11-17(31)7-8-19(15)25(32)33-18)24(30)21(10-14)27-34-26(35-36(27)2)20-5-4-6-22(28)23(20)29/h4-12H,3,13,31H2,1-2H3,(H2,32,33). The summed E-state index contributed by atoms with van der Waals surface area (Å²) < 4.78 is 17.5. The number of rotatable bonds is 5. The first kappa shape index (κ1) is 24.0. The van der Waals surface area contributed by atoms with E-state index >= 15 is 4.39 Å². The molecule has 2 aromatic heterocycles. The first-order valence-electron chi connectivity index (χ1n) is 11.4. The Balaban J connectivity index is 1.60. The van der Waals surface area contributed by atoms with Gasteiger partial charge in [-0.15, -0.1) is 0 Å². The number of aryl methyl sites for hydroxylation is 2. The summed E-state index contributed by atoms with van der Waals surface area (Å²) in [6.45, 7) is 2.02. The first-order valence-corrected chi connectivity index (χ1v) is 12.1. The molecule has 0 unspecified atom stereocenters. The van der Waals surface area contributed by atoms with E-state index in [2.05, 4.69) is 15.1 Å². The molecule has 0 radical (unpaired) electrons. The van der Waals surface area contributed by atoms with Crippen molar-refractivity contribution in [3.63, 3.8) is 0 Å². The molecule has 0 saturated carbocycles. The number of nitrogens with zero attached hydrogens (tertiary/aromatic N) is 4. The Labute approximate surface area is 217 Å². The molecule has 0 aliphatic rings. The molecule has 5 aromatic rings. The Morgan fingerprint density at radius 1 is 0.972 bits per heavy atom. The van der Waals surface area contributed by atoms with Gasteiger partial charge in [-0.25, -0.2) is 19.0 Å². The van der Waals surface area contributed by atoms with Crippen molar-refractivity contribution in [1.29, 1.82) is 0 Å². The zero-order valence-electron chi connectivity index (χ0n) is 19.7. The Morgan fingerprint density at radius 2 is 1.78 bits per heavy atom. The third-order valence-corrected chi connectivity index (χ3v) is 6.94. The molecule has 0 atom stereocenters. The van der Waals surface area contributed by atoms with Gasteiger partial charge in [-0.1, -0.05) is 42.3 Å². The fourth-order valence-corrected chi connectivity index (χ4v) is 4.69. The second-order valence-electron chi connectivity index (χ2n) is 8.61. The summed E-state index contributed by atoms with van der Waals surface area (Å²) in [7, 11) is 1.72. The smallest absolute Gasteiger partial charge is 0.183 e. The molecule has 3 aromatic carbocycles. The van der Waals surface area contributed by atoms with Crippen molar-refractivity contribution in [1.82, 2.24) is 19.7 Å². The summed E-state index contributed by atoms with van der Waals surface area (Å²) in [5, 5.41) is 6.89. The molecule has 9 heteroatoms. The Morgan fingerprint density at radius 3 is 2.56 bits per heavy atom. The number of hydrogen-bond acceptors (Lipinski definition) is 5. The van der Waals surface area contributed by atoms with Gasteiger partial charge in [-0.3, -0.25) is 0 Å². The summed E-state index contributed by atoms with van der Waals surface area (Å²) in [4.78, 5) is 9.14. The Kier molecular flexibility index (Phi) is 6.28. The van der Waals surface area contributed by atoms with Crippen LogP contribution < -0.4 is 11.5 Å². The second-order valence-corrected chi connectivity index (χ2v) is 9.40. The van der Waals surface area contributed by atoms with Crippen molar-refractivity contribution in [3.8, 4) is 22.8 Å². The van der Waals surface area contributed by atoms with Crippen molar-refractivity contribution in [2.45, 2.75) is 19.8 Å². The normalized spacial score (nSPS) is 11.4. The molecular formula is C27H23Cl2FN6. The number of pyridine rings is 1. The van der Waals surface area contributed by atoms with E-state index in [1.54, 1.807) is 42.1 Å². The van der Waals surface area contributed by atoms with Gasteiger partial charge >= 0.3 is 0 Å². The fourth-order valence-electron chi connectivity index (χ4n) is 4.30. The van der Waals surface area contributed by atoms with Gasteiger partial charge in [0.15, 0.2) is 11.6 Å². The molecule has 0 fully saturated rings. The van der Waals surface area contributed by atoms with Gasteiger partial charge in [0.05, 0.1) is 15.6 Å². The molecule has 0 amide bonds. The van der Waals surface area contributed by atoms with Gasteiger partial charge in [0.1, 0.15) is 11.6 Å². The highest BCUT2D eigenvalue weighted by molar-refractivity contribution is 6.43. The van der Waals surface area contributed by atoms with Crippen molar-refractivity contribution in [2.75, 3.05) is 11.5 Å². The van der Waals surface area contributed by atoms with Gasteiger partial charge in [-0.05, 0) is 65.4 Å². The van der Waals surface area contributed by atoms with Crippen LogP contribution in [0.4, 0.5) is 15.9 Å². The minimum absolute atomic E-state index is 0.256. The lowest BCUT2D eigenvalue weighted by molar-refractivity contribution is 0.612. The molecule has 0 spiro atoms. The summed E-state index contributed by atoms with van der Waals surface area (Å²) in [5.41, 5.74) is 15.8. The van der Waals surface area contributed by atoms with Crippen molar-refractivity contribution >= 4 is 45.5 Å². The lowest BCUT2D eigenvalue weighted by Gasteiger charge is -2.12. The van der Waals surface area contributed by atoms with E-state index in [1.807, 2.05) is 31.2 Å². The SMILES string of the molecule is CCc1cc(Cc2cc3cc(N)ccc3c(N)n2)c(F)c(-c2nc(-c3cccc(Cl)c3Cl)nn2C)c1. The summed E-state index contributed by atoms with van der Waals surface area (Å²) in [6.07, 6.45) is 0.974. The maximum atomic E-state index is 16.0. The van der Waals surface area contributed by atoms with Crippen LogP contribution in [0, 0.1) is 5.82 Å². The van der Waals surface area contributed by atoms with Gasteiger partial charge in [0, 0.05) is 35.8 Å². The number of halogens is 3. The largest absolute Gasteiger partial charge is 0.399 e. The average molecular weight is 521 g/mol. The monoisotopic (exact) mass is 520 g/mol. The molecule has 5 rings (SSSR count). The lowest BCUT2D eigenvalue weighted by atomic mass is 9.98. The predicted molar refractivity (Wildman–Crippen MR) is 145 cm³/mol. The summed E-state index contributed by atoms with van der Waals surface area (Å²) in [5.74, 6) is 0.740. The van der Waals surface area contributed by atoms with Gasteiger partial charge < -0.3 is 11.5 Å². The van der Waals surface area contributed by atoms with Gasteiger partial charge in [-0.2, -0.15) is 5.10 Å². The molecule has 4 N–H and O–H groups in total. The fraction of sp³-hybridized carbons (Fsp3) is 0.148. The highest BCUT2D eigenvalue weighted by Crippen LogP contribution is 2.34. The third kappa shape index (κ3) is 4.36. The van der Waals surface area contributed by atoms with Crippen LogP contribution in [0.15, 0.2) is 54.6 Å². The molecule has 2 heterocycles. The quantitative estimate of drug-likeness (QED) is 0.259. The topological polar surface area (TPSA) is 95.6 Å². The van der Waals surface area contributed by atoms with E-state index in [1.165, 1.54) is 0 Å². The molecule has 0 aliphatic heterocycles. The molecule has 0 aliphatic carbocycles. The molecule has 6 nitrogen and oxygen atoms in total. The van der Waals surface area contributed by atoms with Crippen LogP contribution in [0.5, 0.6) is 0 Å². The highest BCUT2D eigenvalue weighted by Gasteiger charge is 2.20. The van der Waals surface area contributed by atoms with Crippen molar-refractivity contribution in [2.24, 2.45) is 7.05 Å². The minimum Gasteiger partial charge on any atom is -0.399 e. The lowest BCUT2D eigenvalue weighted by Crippen LogP contribution is -2.04. The van der Waals surface area contributed by atoms with E-state index in [9.17, 15) is 0 Å². The number of benzene rings is 3. The van der Waals surface area contributed by atoms with Crippen LogP contribution in [0.25, 0.3) is 33.5 Å². The number of fused-ring (bicyclic) bond motifs is 1. The van der Waals surface area contributed by atoms with E-state index in [0.29, 0.717) is 55.6 Å². The molecular weight excluding hydrogens is 498 g/mol. The average Bonchev–Trinajstić information content (AvgIpc) is 3.22. The van der Waals surface area contributed by atoms with Crippen LogP contribution >= 0.6 is 23.2 Å². The van der Waals surface area contributed by atoms with E-state index in [0.717, 1.165) is 22.8 Å². The summed E-state index contributed by atoms with van der Waals surface area (Å²) >= 11 is 12.5. The molecule has 36 heavy (non-hydrogen) atoms. The van der Waals surface area contributed by atoms with E-state index < -0.39 is 0 Å². The first-order chi connectivity index (χ1) is 17.2. The zero-order chi connectivity index (χ0) is 25.6. The molecule has 182 valence electrons.